The van der Waals surface area contributed by atoms with Gasteiger partial charge in [0.05, 0.1) is 22.4 Å². The molecule has 1 aromatic heterocycles. The van der Waals surface area contributed by atoms with Crippen LogP contribution in [0.25, 0.3) is 33.5 Å². The Morgan fingerprint density at radius 1 is 0.458 bits per heavy atom. The third-order valence-electron chi connectivity index (χ3n) is 3.66. The van der Waals surface area contributed by atoms with Crippen molar-refractivity contribution in [1.29, 1.82) is 0 Å². The topological polar surface area (TPSA) is 25.8 Å². The van der Waals surface area contributed by atoms with E-state index in [2.05, 4.69) is 24.3 Å². The van der Waals surface area contributed by atoms with Gasteiger partial charge >= 0.3 is 0 Å². The van der Waals surface area contributed by atoms with E-state index in [0.717, 1.165) is 33.5 Å². The molecule has 24 heavy (non-hydrogen) atoms. The van der Waals surface area contributed by atoms with E-state index in [4.69, 9.17) is 9.97 Å². The number of para-hydroxylation sites is 2. The Labute approximate surface area is 142 Å². The summed E-state index contributed by atoms with van der Waals surface area (Å²) in [6.07, 6.45) is 0. The Balaban J connectivity index is 0.000000815. The minimum atomic E-state index is 0.918. The van der Waals surface area contributed by atoms with Gasteiger partial charge in [-0.1, -0.05) is 86.6 Å². The molecule has 4 rings (SSSR count). The van der Waals surface area contributed by atoms with Crippen LogP contribution in [-0.2, 0) is 0 Å². The first-order valence-electron chi connectivity index (χ1n) is 8.29. The van der Waals surface area contributed by atoms with Crippen molar-refractivity contribution in [1.82, 2.24) is 9.97 Å². The van der Waals surface area contributed by atoms with Gasteiger partial charge in [-0.25, -0.2) is 9.97 Å². The molecule has 0 aliphatic rings. The largest absolute Gasteiger partial charge is 0.244 e. The molecule has 0 amide bonds. The van der Waals surface area contributed by atoms with E-state index >= 15 is 0 Å². The fourth-order valence-electron chi connectivity index (χ4n) is 2.59. The molecule has 0 unspecified atom stereocenters. The first-order valence-corrected chi connectivity index (χ1v) is 8.29. The van der Waals surface area contributed by atoms with Crippen LogP contribution < -0.4 is 0 Å². The third kappa shape index (κ3) is 3.18. The van der Waals surface area contributed by atoms with Crippen molar-refractivity contribution in [3.05, 3.63) is 84.9 Å². The Kier molecular flexibility index (Phi) is 4.97. The van der Waals surface area contributed by atoms with Crippen molar-refractivity contribution in [3.8, 4) is 22.5 Å². The SMILES string of the molecule is CC.c1ccc(-c2nc3ccccc3nc2-c2ccccc2)cc1. The lowest BCUT2D eigenvalue weighted by Crippen LogP contribution is -1.95. The van der Waals surface area contributed by atoms with Gasteiger partial charge in [-0.3, -0.25) is 0 Å². The second kappa shape index (κ2) is 7.51. The highest BCUT2D eigenvalue weighted by Crippen LogP contribution is 2.30. The van der Waals surface area contributed by atoms with E-state index in [-0.39, 0.29) is 0 Å². The number of benzene rings is 3. The van der Waals surface area contributed by atoms with E-state index in [1.807, 2.05) is 74.5 Å². The van der Waals surface area contributed by atoms with Crippen molar-refractivity contribution < 1.29 is 0 Å². The van der Waals surface area contributed by atoms with Crippen LogP contribution in [0.5, 0.6) is 0 Å². The van der Waals surface area contributed by atoms with Gasteiger partial charge in [0.2, 0.25) is 0 Å². The normalized spacial score (nSPS) is 10.1. The van der Waals surface area contributed by atoms with Gasteiger partial charge in [-0.05, 0) is 12.1 Å². The van der Waals surface area contributed by atoms with Crippen molar-refractivity contribution >= 4 is 11.0 Å². The van der Waals surface area contributed by atoms with Crippen LogP contribution in [-0.4, -0.2) is 9.97 Å². The molecule has 3 aromatic carbocycles. The highest BCUT2D eigenvalue weighted by molar-refractivity contribution is 5.86. The molecule has 0 atom stereocenters. The van der Waals surface area contributed by atoms with Crippen molar-refractivity contribution in [2.45, 2.75) is 13.8 Å². The van der Waals surface area contributed by atoms with Gasteiger partial charge in [0.25, 0.3) is 0 Å². The summed E-state index contributed by atoms with van der Waals surface area (Å²) >= 11 is 0. The summed E-state index contributed by atoms with van der Waals surface area (Å²) in [7, 11) is 0. The van der Waals surface area contributed by atoms with E-state index in [0.29, 0.717) is 0 Å². The fraction of sp³-hybridized carbons (Fsp3) is 0.0909. The second-order valence-electron chi connectivity index (χ2n) is 5.14. The number of rotatable bonds is 2. The lowest BCUT2D eigenvalue weighted by molar-refractivity contribution is 1.29. The average Bonchev–Trinajstić information content (AvgIpc) is 2.70. The quantitative estimate of drug-likeness (QED) is 0.454. The van der Waals surface area contributed by atoms with Crippen LogP contribution in [0.4, 0.5) is 0 Å². The summed E-state index contributed by atoms with van der Waals surface area (Å²) < 4.78 is 0. The predicted octanol–water partition coefficient (Wildman–Crippen LogP) is 5.99. The second-order valence-corrected chi connectivity index (χ2v) is 5.14. The van der Waals surface area contributed by atoms with Crippen LogP contribution in [0, 0.1) is 0 Å². The minimum Gasteiger partial charge on any atom is -0.244 e. The van der Waals surface area contributed by atoms with Gasteiger partial charge in [-0.15, -0.1) is 0 Å². The number of nitrogens with zero attached hydrogens (tertiary/aromatic N) is 2. The highest BCUT2D eigenvalue weighted by atomic mass is 14.8. The van der Waals surface area contributed by atoms with Gasteiger partial charge in [0.15, 0.2) is 0 Å². The van der Waals surface area contributed by atoms with Crippen molar-refractivity contribution in [2.24, 2.45) is 0 Å². The molecule has 0 saturated carbocycles. The van der Waals surface area contributed by atoms with E-state index in [1.54, 1.807) is 0 Å². The molecule has 2 heteroatoms. The molecule has 0 saturated heterocycles. The average molecular weight is 312 g/mol. The molecule has 4 aromatic rings. The molecule has 0 radical (unpaired) electrons. The number of hydrogen-bond donors (Lipinski definition) is 0. The molecule has 0 N–H and O–H groups in total. The fourth-order valence-corrected chi connectivity index (χ4v) is 2.59. The molecule has 0 spiro atoms. The van der Waals surface area contributed by atoms with Crippen LogP contribution >= 0.6 is 0 Å². The van der Waals surface area contributed by atoms with E-state index in [1.165, 1.54) is 0 Å². The summed E-state index contributed by atoms with van der Waals surface area (Å²) in [5.74, 6) is 0. The number of fused-ring (bicyclic) bond motifs is 1. The highest BCUT2D eigenvalue weighted by Gasteiger charge is 2.12. The molecule has 0 fully saturated rings. The lowest BCUT2D eigenvalue weighted by atomic mass is 10.0. The molecular weight excluding hydrogens is 292 g/mol. The van der Waals surface area contributed by atoms with Gasteiger partial charge in [-0.2, -0.15) is 0 Å². The summed E-state index contributed by atoms with van der Waals surface area (Å²) in [6, 6.07) is 28.4. The molecular formula is C22H20N2. The van der Waals surface area contributed by atoms with Crippen LogP contribution in [0.3, 0.4) is 0 Å². The number of hydrogen-bond acceptors (Lipinski definition) is 2. The third-order valence-corrected chi connectivity index (χ3v) is 3.66. The molecule has 1 heterocycles. The molecule has 0 aliphatic heterocycles. The Morgan fingerprint density at radius 3 is 1.17 bits per heavy atom. The molecule has 0 aliphatic carbocycles. The lowest BCUT2D eigenvalue weighted by Gasteiger charge is -2.10. The van der Waals surface area contributed by atoms with Crippen LogP contribution in [0.2, 0.25) is 0 Å². The molecule has 118 valence electrons. The minimum absolute atomic E-state index is 0.918. The predicted molar refractivity (Wildman–Crippen MR) is 102 cm³/mol. The zero-order valence-electron chi connectivity index (χ0n) is 14.0. The van der Waals surface area contributed by atoms with Gasteiger partial charge < -0.3 is 0 Å². The first-order chi connectivity index (χ1) is 11.9. The summed E-state index contributed by atoms with van der Waals surface area (Å²) in [5, 5.41) is 0. The monoisotopic (exact) mass is 312 g/mol. The Hall–Kier alpha value is -3.00. The smallest absolute Gasteiger partial charge is 0.0973 e. The molecule has 0 bridgehead atoms. The van der Waals surface area contributed by atoms with Gasteiger partial charge in [0, 0.05) is 11.1 Å². The first kappa shape index (κ1) is 15.9. The standard InChI is InChI=1S/C20H14N2.C2H6/c1-3-9-15(10-4-1)19-20(16-11-5-2-6-12-16)22-18-14-8-7-13-17(18)21-19;1-2/h1-14H;1-2H3. The Morgan fingerprint density at radius 2 is 0.792 bits per heavy atom. The maximum atomic E-state index is 4.86. The Bertz CT molecular complexity index is 838. The van der Waals surface area contributed by atoms with E-state index < -0.39 is 0 Å². The van der Waals surface area contributed by atoms with Gasteiger partial charge in [0.1, 0.15) is 0 Å². The zero-order valence-corrected chi connectivity index (χ0v) is 14.0. The maximum Gasteiger partial charge on any atom is 0.0973 e. The van der Waals surface area contributed by atoms with Crippen LogP contribution in [0.15, 0.2) is 84.9 Å². The van der Waals surface area contributed by atoms with E-state index in [9.17, 15) is 0 Å². The van der Waals surface area contributed by atoms with Crippen molar-refractivity contribution in [2.75, 3.05) is 0 Å². The maximum absolute atomic E-state index is 4.86. The van der Waals surface area contributed by atoms with Crippen molar-refractivity contribution in [3.63, 3.8) is 0 Å². The molecule has 2 nitrogen and oxygen atoms in total. The summed E-state index contributed by atoms with van der Waals surface area (Å²) in [4.78, 5) is 9.72. The summed E-state index contributed by atoms with van der Waals surface area (Å²) in [5.41, 5.74) is 5.84. The number of aromatic nitrogens is 2. The summed E-state index contributed by atoms with van der Waals surface area (Å²) in [6.45, 7) is 4.00. The zero-order chi connectivity index (χ0) is 16.8. The van der Waals surface area contributed by atoms with Crippen LogP contribution in [0.1, 0.15) is 13.8 Å².